The summed E-state index contributed by atoms with van der Waals surface area (Å²) < 4.78 is 25.1. The van der Waals surface area contributed by atoms with Gasteiger partial charge in [0.2, 0.25) is 0 Å². The molecule has 0 heterocycles. The van der Waals surface area contributed by atoms with Gasteiger partial charge in [0.15, 0.2) is 0 Å². The molecule has 0 N–H and O–H groups in total. The second kappa shape index (κ2) is 218. The van der Waals surface area contributed by atoms with Crippen molar-refractivity contribution in [1.82, 2.24) is 0 Å². The fraction of sp³-hybridized carbons (Fsp3) is 0.375. The fourth-order valence-corrected chi connectivity index (χ4v) is 4.43. The molecular weight excluding hydrogens is 1510 g/mol. The Morgan fingerprint density at radius 2 is 0.250 bits per heavy atom. The van der Waals surface area contributed by atoms with Crippen LogP contribution in [0.25, 0.3) is 10.8 Å². The van der Waals surface area contributed by atoms with E-state index in [1.54, 1.807) is 20.8 Å². The van der Waals surface area contributed by atoms with Gasteiger partial charge in [-0.1, -0.05) is 522 Å². The third-order valence-corrected chi connectivity index (χ3v) is 7.42. The fourth-order valence-electron chi connectivity index (χ4n) is 4.43. The number of benzene rings is 9. The van der Waals surface area contributed by atoms with E-state index >= 15 is 0 Å². The molecule has 0 saturated carbocycles. The van der Waals surface area contributed by atoms with Crippen LogP contribution in [-0.4, -0.2) is 0 Å². The monoisotopic (exact) mass is 1690 g/mol. The van der Waals surface area contributed by atoms with Gasteiger partial charge < -0.3 is 59.4 Å². The van der Waals surface area contributed by atoms with E-state index in [0.29, 0.717) is 27.6 Å². The first kappa shape index (κ1) is 159. The third-order valence-electron chi connectivity index (χ3n) is 7.42. The molecule has 9 aromatic rings. The number of aryl methyl sites for hydroxylation is 4. The molecule has 4 radical (unpaired) electrons. The van der Waals surface area contributed by atoms with Crippen molar-refractivity contribution in [2.24, 2.45) is 0 Å². The summed E-state index contributed by atoms with van der Waals surface area (Å²) in [5, 5.41) is 2.62. The van der Waals surface area contributed by atoms with Crippen molar-refractivity contribution in [3.63, 3.8) is 0 Å². The first-order valence-electron chi connectivity index (χ1n) is 36.6. The molecule has 580 valence electrons. The van der Waals surface area contributed by atoms with Gasteiger partial charge in [-0.3, -0.25) is 0 Å². The Balaban J connectivity index is -0.0000000259. The van der Waals surface area contributed by atoms with Gasteiger partial charge in [0, 0.05) is 136 Å². The molecule has 0 spiro atoms. The minimum absolute atomic E-state index is 0. The largest absolute Gasteiger partial charge is 0.358 e. The van der Waals surface area contributed by atoms with Crippen LogP contribution in [0.15, 0.2) is 279 Å². The molecule has 0 aliphatic rings. The summed E-state index contributed by atoms with van der Waals surface area (Å²) in [6, 6.07) is 93.8. The molecule has 9 aromatic carbocycles. The smallest absolute Gasteiger partial charge is 0.0230 e. The van der Waals surface area contributed by atoms with Crippen LogP contribution in [0.3, 0.4) is 0 Å². The average Bonchev–Trinajstić information content (AvgIpc) is 0.876. The predicted molar refractivity (Wildman–Crippen MR) is 479 cm³/mol. The minimum atomic E-state index is 0. The quantitative estimate of drug-likeness (QED) is 0.133. The second-order valence-corrected chi connectivity index (χ2v) is 13.6. The van der Waals surface area contributed by atoms with Crippen LogP contribution in [0.2, 0.25) is 0 Å². The zero-order valence-corrected chi connectivity index (χ0v) is 85.5. The van der Waals surface area contributed by atoms with Crippen molar-refractivity contribution in [2.75, 3.05) is 0 Å². The molecule has 4 heteroatoms. The summed E-state index contributed by atoms with van der Waals surface area (Å²) in [6.45, 7) is 62.0. The summed E-state index contributed by atoms with van der Waals surface area (Å²) in [6.07, 6.45) is 2.24. The molecule has 0 aliphatic carbocycles. The summed E-state index contributed by atoms with van der Waals surface area (Å²) in [7, 11) is 0. The van der Waals surface area contributed by atoms with E-state index in [2.05, 4.69) is 139 Å². The average molecular weight is 1690 g/mol. The molecule has 0 fully saturated rings. The maximum atomic E-state index is 6.45. The zero-order valence-electron chi connectivity index (χ0n) is 78.1. The van der Waals surface area contributed by atoms with Crippen LogP contribution < -0.4 is 0 Å². The maximum absolute atomic E-state index is 6.45. The molecule has 0 amide bonds. The van der Waals surface area contributed by atoms with Crippen LogP contribution in [0.4, 0.5) is 0 Å². The zero-order chi connectivity index (χ0) is 74.2. The Morgan fingerprint density at radius 3 is 0.310 bits per heavy atom. The SMILES string of the molecule is CC.CC.CC.CC.CC.CC.CC.CC.CC.CC.CCC.Cc1ccccc1.Cc1ccccc1.Cc1ccccc1.Cc1ccccc1.[2H]CC.[2H]CC.[2H]CC.[2H]CCC.[CH3-].[CH3-].[CH3-].[CH3-].[CH3-].[CH3-].[CH3-].[CH3-].[Y].[Y].[Y].[Y].c1ccc2ccccc2c1.c1ccccc1.c1ccccc1.c1ccccc1. The van der Waals surface area contributed by atoms with Gasteiger partial charge >= 0.3 is 0 Å². The van der Waals surface area contributed by atoms with Gasteiger partial charge in [-0.25, -0.2) is 0 Å². The van der Waals surface area contributed by atoms with E-state index < -0.39 is 0 Å². The van der Waals surface area contributed by atoms with Crippen molar-refractivity contribution in [3.05, 3.63) is 361 Å². The summed E-state index contributed by atoms with van der Waals surface area (Å²) in [4.78, 5) is 0. The van der Waals surface area contributed by atoms with Gasteiger partial charge in [0.1, 0.15) is 0 Å². The van der Waals surface area contributed by atoms with E-state index in [9.17, 15) is 0 Å². The van der Waals surface area contributed by atoms with Crippen LogP contribution in [0.1, 0.15) is 248 Å². The van der Waals surface area contributed by atoms with Crippen LogP contribution in [0, 0.1) is 87.1 Å². The van der Waals surface area contributed by atoms with E-state index in [4.69, 9.17) is 5.48 Å². The summed E-state index contributed by atoms with van der Waals surface area (Å²) in [5.41, 5.74) is 5.29. The first-order chi connectivity index (χ1) is 45.1. The molecule has 0 aromatic heterocycles. The molecule has 0 atom stereocenters. The normalized spacial score (nSPS) is 6.54. The van der Waals surface area contributed by atoms with Gasteiger partial charge in [0.05, 0.1) is 0 Å². The third kappa shape index (κ3) is 199. The van der Waals surface area contributed by atoms with E-state index in [0.717, 1.165) is 6.42 Å². The first-order valence-corrected chi connectivity index (χ1v) is 33.8. The predicted octanol–water partition coefficient (Wildman–Crippen LogP) is 35.6. The van der Waals surface area contributed by atoms with E-state index in [1.807, 2.05) is 327 Å². The van der Waals surface area contributed by atoms with Gasteiger partial charge in [-0.05, 0) is 38.5 Å². The minimum Gasteiger partial charge on any atom is -0.358 e. The topological polar surface area (TPSA) is 0 Å². The van der Waals surface area contributed by atoms with Crippen molar-refractivity contribution in [3.8, 4) is 0 Å². The number of hydrogen-bond donors (Lipinski definition) is 0. The Kier molecular flexibility index (Phi) is 348. The molecular formula is C96H176Y4-8. The van der Waals surface area contributed by atoms with Crippen molar-refractivity contribution >= 4 is 10.8 Å². The van der Waals surface area contributed by atoms with Gasteiger partial charge in [-0.2, -0.15) is 0 Å². The van der Waals surface area contributed by atoms with Crippen LogP contribution in [-0.2, 0) is 131 Å². The number of fused-ring (bicyclic) bond motifs is 1. The molecule has 0 nitrogen and oxygen atoms in total. The van der Waals surface area contributed by atoms with Crippen molar-refractivity contribution in [1.29, 1.82) is 0 Å². The number of rotatable bonds is 0. The Hall–Kier alpha value is -2.34. The molecule has 100 heavy (non-hydrogen) atoms. The van der Waals surface area contributed by atoms with Crippen LogP contribution in [0.5, 0.6) is 0 Å². The van der Waals surface area contributed by atoms with E-state index in [1.165, 1.54) is 39.4 Å². The standard InChI is InChI=1S/C10H8.4C7H8.3C6H6.2C3H8.13C2H6.8CH3.4Y/c1-2-6-10-8-4-3-7-9(10)5-1;4*1-7-5-3-2-4-6-7;3*1-2-4-6-5-3-1;2*1-3-2;13*1-2;;;;;;;;;;;;/h1-8H;4*2-6H,1H3;3*1-6H;2*3H2,1-2H3;13*1-2H3;8*1H3;;;;/q;;;;;;;;;;;;;;;;;;;;;;;8*-1;;;;/i;;;;;;;;1D;;3*1D;;;;;;;;;;;;;;;;;;;;;;. The van der Waals surface area contributed by atoms with Crippen molar-refractivity contribution < 1.29 is 136 Å². The van der Waals surface area contributed by atoms with Crippen LogP contribution >= 0.6 is 0 Å². The molecule has 0 bridgehead atoms. The molecule has 9 rings (SSSR count). The Bertz CT molecular complexity index is 1850. The molecule has 0 saturated heterocycles. The maximum Gasteiger partial charge on any atom is 0.0230 e. The van der Waals surface area contributed by atoms with Crippen molar-refractivity contribution in [2.45, 2.75) is 248 Å². The Morgan fingerprint density at radius 1 is 0.180 bits per heavy atom. The second-order valence-electron chi connectivity index (χ2n) is 13.6. The van der Waals surface area contributed by atoms with E-state index in [-0.39, 0.29) is 190 Å². The Labute approximate surface area is 747 Å². The molecule has 0 aliphatic heterocycles. The molecule has 0 unspecified atom stereocenters. The van der Waals surface area contributed by atoms with Gasteiger partial charge in [0.25, 0.3) is 0 Å². The summed E-state index contributed by atoms with van der Waals surface area (Å²) in [5.74, 6) is 0. The number of hydrogen-bond acceptors (Lipinski definition) is 0. The van der Waals surface area contributed by atoms with Gasteiger partial charge in [-0.15, -0.1) is 0 Å². The summed E-state index contributed by atoms with van der Waals surface area (Å²) >= 11 is 0.